The monoisotopic (exact) mass is 452 g/mol. The normalized spacial score (nSPS) is 16.1. The second-order valence-corrected chi connectivity index (χ2v) is 8.94. The van der Waals surface area contributed by atoms with Gasteiger partial charge in [-0.05, 0) is 48.1 Å². The number of esters is 1. The van der Waals surface area contributed by atoms with Gasteiger partial charge in [-0.1, -0.05) is 51.1 Å². The first-order chi connectivity index (χ1) is 15.6. The Kier molecular flexibility index (Phi) is 7.31. The minimum atomic E-state index is -0.661. The van der Waals surface area contributed by atoms with Crippen molar-refractivity contribution in [2.75, 3.05) is 13.7 Å². The average Bonchev–Trinajstić information content (AvgIpc) is 2.76. The summed E-state index contributed by atoms with van der Waals surface area (Å²) in [4.78, 5) is 24.6. The molecule has 2 aromatic rings. The van der Waals surface area contributed by atoms with Gasteiger partial charge in [0, 0.05) is 5.70 Å². The van der Waals surface area contributed by atoms with Crippen molar-refractivity contribution >= 4 is 12.0 Å². The predicted molar refractivity (Wildman–Crippen MR) is 126 cm³/mol. The lowest BCUT2D eigenvalue weighted by Gasteiger charge is -2.28. The summed E-state index contributed by atoms with van der Waals surface area (Å²) in [5.41, 5.74) is 3.90. The molecule has 0 aromatic heterocycles. The number of rotatable bonds is 7. The molecule has 1 aliphatic rings. The van der Waals surface area contributed by atoms with Crippen molar-refractivity contribution in [1.29, 1.82) is 0 Å². The number of carbonyl (C=O) groups is 2. The zero-order chi connectivity index (χ0) is 24.2. The Balaban J connectivity index is 1.82. The number of amides is 2. The Morgan fingerprint density at radius 1 is 1.06 bits per heavy atom. The fourth-order valence-electron chi connectivity index (χ4n) is 3.67. The first-order valence-electron chi connectivity index (χ1n) is 11.0. The van der Waals surface area contributed by atoms with Crippen molar-refractivity contribution in [2.45, 2.75) is 52.7 Å². The maximum atomic E-state index is 12.5. The highest BCUT2D eigenvalue weighted by Gasteiger charge is 2.32. The van der Waals surface area contributed by atoms with Crippen molar-refractivity contribution < 1.29 is 23.8 Å². The molecule has 0 fully saturated rings. The van der Waals surface area contributed by atoms with Crippen LogP contribution < -0.4 is 20.1 Å². The number of allylic oxidation sites excluding steroid dienone is 1. The smallest absolute Gasteiger partial charge is 0.338 e. The van der Waals surface area contributed by atoms with E-state index in [1.165, 1.54) is 5.56 Å². The second-order valence-electron chi connectivity index (χ2n) is 8.94. The molecule has 1 unspecified atom stereocenters. The minimum Gasteiger partial charge on any atom is -0.493 e. The second kappa shape index (κ2) is 9.98. The van der Waals surface area contributed by atoms with E-state index in [0.717, 1.165) is 5.56 Å². The number of ether oxygens (including phenoxy) is 3. The van der Waals surface area contributed by atoms with Gasteiger partial charge in [-0.15, -0.1) is 0 Å². The lowest BCUT2D eigenvalue weighted by molar-refractivity contribution is -0.139. The molecule has 1 atom stereocenters. The van der Waals surface area contributed by atoms with Crippen LogP contribution in [0.15, 0.2) is 53.7 Å². The van der Waals surface area contributed by atoms with Crippen LogP contribution in [-0.2, 0) is 21.6 Å². The van der Waals surface area contributed by atoms with Crippen molar-refractivity contribution in [3.63, 3.8) is 0 Å². The Bertz CT molecular complexity index is 1050. The molecule has 2 amide bonds. The molecule has 176 valence electrons. The third kappa shape index (κ3) is 5.66. The molecular formula is C26H32N2O5. The highest BCUT2D eigenvalue weighted by Crippen LogP contribution is 2.35. The molecule has 2 aromatic carbocycles. The van der Waals surface area contributed by atoms with E-state index in [-0.39, 0.29) is 18.1 Å². The quantitative estimate of drug-likeness (QED) is 0.592. The van der Waals surface area contributed by atoms with Crippen molar-refractivity contribution in [3.8, 4) is 11.5 Å². The van der Waals surface area contributed by atoms with E-state index in [1.54, 1.807) is 33.1 Å². The van der Waals surface area contributed by atoms with Crippen LogP contribution in [0, 0.1) is 0 Å². The van der Waals surface area contributed by atoms with Gasteiger partial charge in [0.15, 0.2) is 11.5 Å². The van der Waals surface area contributed by atoms with E-state index in [1.807, 2.05) is 6.07 Å². The first kappa shape index (κ1) is 24.2. The molecule has 1 aliphatic heterocycles. The molecule has 33 heavy (non-hydrogen) atoms. The number of methoxy groups -OCH3 is 1. The van der Waals surface area contributed by atoms with Crippen LogP contribution in [0.25, 0.3) is 0 Å². The molecule has 0 saturated carbocycles. The van der Waals surface area contributed by atoms with Crippen LogP contribution in [-0.4, -0.2) is 25.7 Å². The highest BCUT2D eigenvalue weighted by atomic mass is 16.5. The van der Waals surface area contributed by atoms with Crippen molar-refractivity contribution in [3.05, 3.63) is 70.4 Å². The summed E-state index contributed by atoms with van der Waals surface area (Å²) in [6.07, 6.45) is 0. The van der Waals surface area contributed by atoms with Crippen LogP contribution in [0.4, 0.5) is 4.79 Å². The Morgan fingerprint density at radius 3 is 2.36 bits per heavy atom. The van der Waals surface area contributed by atoms with E-state index < -0.39 is 12.0 Å². The molecule has 0 bridgehead atoms. The Labute approximate surface area is 195 Å². The Hall–Kier alpha value is -3.48. The summed E-state index contributed by atoms with van der Waals surface area (Å²) in [7, 11) is 1.55. The van der Waals surface area contributed by atoms with Gasteiger partial charge in [0.2, 0.25) is 0 Å². The maximum absolute atomic E-state index is 12.5. The van der Waals surface area contributed by atoms with E-state index in [2.05, 4.69) is 55.7 Å². The molecule has 0 aliphatic carbocycles. The third-order valence-corrected chi connectivity index (χ3v) is 5.50. The van der Waals surface area contributed by atoms with Gasteiger partial charge in [0.1, 0.15) is 6.61 Å². The van der Waals surface area contributed by atoms with Gasteiger partial charge < -0.3 is 24.8 Å². The third-order valence-electron chi connectivity index (χ3n) is 5.50. The average molecular weight is 453 g/mol. The summed E-state index contributed by atoms with van der Waals surface area (Å²) in [5, 5.41) is 5.43. The van der Waals surface area contributed by atoms with Gasteiger partial charge in [-0.3, -0.25) is 0 Å². The van der Waals surface area contributed by atoms with E-state index in [9.17, 15) is 9.59 Å². The molecule has 0 saturated heterocycles. The topological polar surface area (TPSA) is 85.9 Å². The number of nitrogens with one attached hydrogen (secondary N) is 2. The Morgan fingerprint density at radius 2 is 1.76 bits per heavy atom. The fraction of sp³-hybridized carbons (Fsp3) is 0.385. The SMILES string of the molecule is CCOC(=O)C1=C(C)NC(=O)NC1c1ccc(OCc2ccc(C(C)(C)C)cc2)c(OC)c1. The lowest BCUT2D eigenvalue weighted by Crippen LogP contribution is -2.45. The molecule has 1 heterocycles. The first-order valence-corrected chi connectivity index (χ1v) is 11.0. The van der Waals surface area contributed by atoms with Crippen LogP contribution >= 0.6 is 0 Å². The molecule has 0 spiro atoms. The summed E-state index contributed by atoms with van der Waals surface area (Å²) in [5.74, 6) is 0.595. The number of hydrogen-bond donors (Lipinski definition) is 2. The minimum absolute atomic E-state index is 0.0949. The lowest BCUT2D eigenvalue weighted by atomic mass is 9.87. The van der Waals surface area contributed by atoms with Gasteiger partial charge >= 0.3 is 12.0 Å². The van der Waals surface area contributed by atoms with E-state index in [4.69, 9.17) is 14.2 Å². The van der Waals surface area contributed by atoms with Crippen LogP contribution in [0.1, 0.15) is 57.4 Å². The standard InChI is InChI=1S/C26H32N2O5/c1-7-32-24(29)22-16(2)27-25(30)28-23(22)18-10-13-20(21(14-18)31-6)33-15-17-8-11-19(12-9-17)26(3,4)5/h8-14,23H,7,15H2,1-6H3,(H2,27,28,30). The summed E-state index contributed by atoms with van der Waals surface area (Å²) < 4.78 is 16.7. The zero-order valence-corrected chi connectivity index (χ0v) is 20.1. The fourth-order valence-corrected chi connectivity index (χ4v) is 3.67. The highest BCUT2D eigenvalue weighted by molar-refractivity contribution is 5.95. The molecule has 7 heteroatoms. The number of benzene rings is 2. The largest absolute Gasteiger partial charge is 0.493 e. The van der Waals surface area contributed by atoms with Gasteiger partial charge in [-0.2, -0.15) is 0 Å². The predicted octanol–water partition coefficient (Wildman–Crippen LogP) is 4.76. The molecule has 7 nitrogen and oxygen atoms in total. The molecule has 2 N–H and O–H groups in total. The van der Waals surface area contributed by atoms with Crippen LogP contribution in [0.2, 0.25) is 0 Å². The number of urea groups is 1. The van der Waals surface area contributed by atoms with Gasteiger partial charge in [0.25, 0.3) is 0 Å². The van der Waals surface area contributed by atoms with E-state index in [0.29, 0.717) is 34.9 Å². The summed E-state index contributed by atoms with van der Waals surface area (Å²) in [6.45, 7) is 10.6. The van der Waals surface area contributed by atoms with E-state index >= 15 is 0 Å². The molecule has 0 radical (unpaired) electrons. The van der Waals surface area contributed by atoms with Gasteiger partial charge in [-0.25, -0.2) is 9.59 Å². The summed E-state index contributed by atoms with van der Waals surface area (Å²) >= 11 is 0. The molecule has 3 rings (SSSR count). The number of hydrogen-bond acceptors (Lipinski definition) is 5. The van der Waals surface area contributed by atoms with Crippen LogP contribution in [0.3, 0.4) is 0 Å². The molecular weight excluding hydrogens is 420 g/mol. The number of carbonyl (C=O) groups excluding carboxylic acids is 2. The zero-order valence-electron chi connectivity index (χ0n) is 20.1. The van der Waals surface area contributed by atoms with Crippen molar-refractivity contribution in [2.24, 2.45) is 0 Å². The van der Waals surface area contributed by atoms with Crippen molar-refractivity contribution in [1.82, 2.24) is 10.6 Å². The van der Waals surface area contributed by atoms with Crippen LogP contribution in [0.5, 0.6) is 11.5 Å². The maximum Gasteiger partial charge on any atom is 0.338 e. The summed E-state index contributed by atoms with van der Waals surface area (Å²) in [6, 6.07) is 12.7. The van der Waals surface area contributed by atoms with Gasteiger partial charge in [0.05, 0.1) is 25.3 Å².